The molecule has 2 aromatic heterocycles. The topological polar surface area (TPSA) is 132 Å². The zero-order valence-electron chi connectivity index (χ0n) is 10.8. The Kier molecular flexibility index (Phi) is 3.56. The summed E-state index contributed by atoms with van der Waals surface area (Å²) in [6, 6.07) is 1.85. The van der Waals surface area contributed by atoms with Gasteiger partial charge in [-0.3, -0.25) is 9.36 Å². The maximum absolute atomic E-state index is 12.2. The molecule has 2 aromatic rings. The molecule has 0 spiro atoms. The average Bonchev–Trinajstić information content (AvgIpc) is 2.93. The van der Waals surface area contributed by atoms with Crippen LogP contribution in [-0.4, -0.2) is 24.9 Å². The van der Waals surface area contributed by atoms with E-state index in [9.17, 15) is 9.90 Å². The molecule has 0 aliphatic heterocycles. The number of H-pyrrole nitrogens is 1. The van der Waals surface area contributed by atoms with Crippen molar-refractivity contribution in [3.05, 3.63) is 27.8 Å². The van der Waals surface area contributed by atoms with Crippen molar-refractivity contribution in [3.8, 4) is 11.9 Å². The van der Waals surface area contributed by atoms with E-state index < -0.39 is 5.56 Å². The first kappa shape index (κ1) is 13.4. The zero-order chi connectivity index (χ0) is 14.7. The molecule has 0 unspecified atom stereocenters. The molecule has 0 fully saturated rings. The number of nitriles is 1. The van der Waals surface area contributed by atoms with Gasteiger partial charge in [-0.25, -0.2) is 5.10 Å². The molecule has 2 N–H and O–H groups in total. The second-order valence-electron chi connectivity index (χ2n) is 3.84. The van der Waals surface area contributed by atoms with Gasteiger partial charge in [0.25, 0.3) is 11.5 Å². The van der Waals surface area contributed by atoms with Gasteiger partial charge in [0.05, 0.1) is 0 Å². The molecule has 102 valence electrons. The molecular weight excluding hydrogens is 262 g/mol. The minimum Gasteiger partial charge on any atom is -0.493 e. The van der Waals surface area contributed by atoms with E-state index >= 15 is 0 Å². The third kappa shape index (κ3) is 2.14. The molecule has 20 heavy (non-hydrogen) atoms. The van der Waals surface area contributed by atoms with Crippen LogP contribution in [0.4, 0.5) is 11.6 Å². The average molecular weight is 273 g/mol. The second-order valence-corrected chi connectivity index (χ2v) is 3.84. The van der Waals surface area contributed by atoms with Crippen LogP contribution in [-0.2, 0) is 6.54 Å². The summed E-state index contributed by atoms with van der Waals surface area (Å²) in [6.07, 6.45) is 1.25. The van der Waals surface area contributed by atoms with Crippen molar-refractivity contribution in [2.45, 2.75) is 20.4 Å². The van der Waals surface area contributed by atoms with E-state index in [4.69, 9.17) is 5.26 Å². The number of pyridine rings is 1. The normalized spacial score (nSPS) is 10.8. The first-order chi connectivity index (χ1) is 9.60. The lowest BCUT2D eigenvalue weighted by atomic mass is 10.1. The van der Waals surface area contributed by atoms with Crippen LogP contribution in [0.1, 0.15) is 18.1 Å². The minimum absolute atomic E-state index is 0.00188. The largest absolute Gasteiger partial charge is 0.493 e. The van der Waals surface area contributed by atoms with Crippen LogP contribution in [0.5, 0.6) is 5.88 Å². The molecule has 9 heteroatoms. The first-order valence-electron chi connectivity index (χ1n) is 5.73. The number of hydrogen-bond acceptors (Lipinski definition) is 7. The summed E-state index contributed by atoms with van der Waals surface area (Å²) in [5, 5.41) is 32.5. The number of nitrogens with zero attached hydrogens (tertiary/aromatic N) is 6. The maximum atomic E-state index is 12.2. The van der Waals surface area contributed by atoms with E-state index in [0.29, 0.717) is 0 Å². The van der Waals surface area contributed by atoms with Gasteiger partial charge in [-0.05, 0) is 13.8 Å². The van der Waals surface area contributed by atoms with E-state index in [0.717, 1.165) is 4.57 Å². The van der Waals surface area contributed by atoms with Crippen molar-refractivity contribution in [1.29, 1.82) is 5.26 Å². The van der Waals surface area contributed by atoms with E-state index in [1.165, 1.54) is 13.3 Å². The molecular formula is C11H11N7O2. The first-order valence-corrected chi connectivity index (χ1v) is 5.73. The van der Waals surface area contributed by atoms with Crippen LogP contribution in [0.25, 0.3) is 0 Å². The Labute approximate surface area is 113 Å². The summed E-state index contributed by atoms with van der Waals surface area (Å²) in [5.41, 5.74) is -0.275. The third-order valence-corrected chi connectivity index (χ3v) is 2.73. The smallest absolute Gasteiger partial charge is 0.281 e. The molecule has 0 atom stereocenters. The van der Waals surface area contributed by atoms with Crippen molar-refractivity contribution in [2.75, 3.05) is 0 Å². The van der Waals surface area contributed by atoms with E-state index in [2.05, 4.69) is 25.4 Å². The van der Waals surface area contributed by atoms with Crippen molar-refractivity contribution in [2.24, 2.45) is 10.2 Å². The van der Waals surface area contributed by atoms with Crippen molar-refractivity contribution < 1.29 is 5.11 Å². The lowest BCUT2D eigenvalue weighted by molar-refractivity contribution is 0.409. The van der Waals surface area contributed by atoms with E-state index in [-0.39, 0.29) is 35.2 Å². The van der Waals surface area contributed by atoms with E-state index in [1.807, 2.05) is 6.07 Å². The maximum Gasteiger partial charge on any atom is 0.281 e. The van der Waals surface area contributed by atoms with Crippen LogP contribution in [0.2, 0.25) is 0 Å². The lowest BCUT2D eigenvalue weighted by Gasteiger charge is -2.10. The molecule has 9 nitrogen and oxygen atoms in total. The number of aromatic hydroxyl groups is 1. The fourth-order valence-corrected chi connectivity index (χ4v) is 1.70. The van der Waals surface area contributed by atoms with Gasteiger partial charge in [-0.1, -0.05) is 0 Å². The van der Waals surface area contributed by atoms with Gasteiger partial charge >= 0.3 is 0 Å². The number of hydrogen-bond donors (Lipinski definition) is 2. The highest BCUT2D eigenvalue weighted by Gasteiger charge is 2.18. The zero-order valence-corrected chi connectivity index (χ0v) is 10.8. The van der Waals surface area contributed by atoms with Crippen molar-refractivity contribution in [1.82, 2.24) is 19.7 Å². The Bertz CT molecular complexity index is 753. The molecule has 0 aliphatic carbocycles. The van der Waals surface area contributed by atoms with Gasteiger partial charge in [0.1, 0.15) is 18.0 Å². The van der Waals surface area contributed by atoms with Crippen LogP contribution in [0.15, 0.2) is 21.4 Å². The number of azo groups is 1. The van der Waals surface area contributed by atoms with Gasteiger partial charge in [0, 0.05) is 12.1 Å². The Hall–Kier alpha value is -3.02. The predicted molar refractivity (Wildman–Crippen MR) is 68.1 cm³/mol. The summed E-state index contributed by atoms with van der Waals surface area (Å²) in [7, 11) is 0. The highest BCUT2D eigenvalue weighted by Crippen LogP contribution is 2.25. The number of aromatic amines is 1. The van der Waals surface area contributed by atoms with Crippen molar-refractivity contribution in [3.63, 3.8) is 0 Å². The molecule has 0 aromatic carbocycles. The fourth-order valence-electron chi connectivity index (χ4n) is 1.70. The summed E-state index contributed by atoms with van der Waals surface area (Å²) >= 11 is 0. The number of aromatic nitrogens is 4. The second kappa shape index (κ2) is 5.31. The highest BCUT2D eigenvalue weighted by atomic mass is 16.3. The summed E-state index contributed by atoms with van der Waals surface area (Å²) in [6.45, 7) is 3.41. The SMILES string of the molecule is CCn1c(O)c(C#N)c(C)c(N=Nc2ncn[nH]2)c1=O. The minimum atomic E-state index is -0.523. The third-order valence-electron chi connectivity index (χ3n) is 2.73. The van der Waals surface area contributed by atoms with Gasteiger partial charge < -0.3 is 5.11 Å². The van der Waals surface area contributed by atoms with Gasteiger partial charge in [-0.15, -0.1) is 10.2 Å². The van der Waals surface area contributed by atoms with Crippen LogP contribution < -0.4 is 5.56 Å². The van der Waals surface area contributed by atoms with Crippen LogP contribution in [0.3, 0.4) is 0 Å². The highest BCUT2D eigenvalue weighted by molar-refractivity contribution is 5.56. The molecule has 0 amide bonds. The standard InChI is InChI=1S/C11H11N7O2/c1-3-18-9(19)7(4-12)6(2)8(10(18)20)15-17-11-13-5-14-16-11/h5,19H,3H2,1-2H3,(H,13,14,16). The van der Waals surface area contributed by atoms with Gasteiger partial charge in [-0.2, -0.15) is 15.3 Å². The Balaban J connectivity index is 2.64. The Morgan fingerprint density at radius 3 is 2.85 bits per heavy atom. The fraction of sp³-hybridized carbons (Fsp3) is 0.273. The molecule has 2 heterocycles. The molecule has 2 rings (SSSR count). The number of nitrogens with one attached hydrogen (secondary N) is 1. The summed E-state index contributed by atoms with van der Waals surface area (Å²) in [5.74, 6) is -0.227. The van der Waals surface area contributed by atoms with Crippen LogP contribution >= 0.6 is 0 Å². The van der Waals surface area contributed by atoms with Gasteiger partial charge in [0.15, 0.2) is 5.69 Å². The molecule has 0 aliphatic rings. The molecule has 0 radical (unpaired) electrons. The molecule has 0 saturated carbocycles. The van der Waals surface area contributed by atoms with Crippen LogP contribution in [0, 0.1) is 18.3 Å². The molecule has 0 saturated heterocycles. The quantitative estimate of drug-likeness (QED) is 0.813. The number of rotatable bonds is 3. The van der Waals surface area contributed by atoms with Crippen molar-refractivity contribution >= 4 is 11.6 Å². The molecule has 0 bridgehead atoms. The summed E-state index contributed by atoms with van der Waals surface area (Å²) in [4.78, 5) is 15.9. The monoisotopic (exact) mass is 273 g/mol. The lowest BCUT2D eigenvalue weighted by Crippen LogP contribution is -2.20. The Morgan fingerprint density at radius 1 is 1.55 bits per heavy atom. The van der Waals surface area contributed by atoms with Gasteiger partial charge in [0.2, 0.25) is 5.88 Å². The summed E-state index contributed by atoms with van der Waals surface area (Å²) < 4.78 is 1.06. The Morgan fingerprint density at radius 2 is 2.30 bits per heavy atom. The van der Waals surface area contributed by atoms with E-state index in [1.54, 1.807) is 6.92 Å². The predicted octanol–water partition coefficient (Wildman–Crippen LogP) is 1.29.